The lowest BCUT2D eigenvalue weighted by Crippen LogP contribution is -2.11. The van der Waals surface area contributed by atoms with Crippen LogP contribution < -0.4 is 5.73 Å². The number of benzene rings is 1. The Hall–Kier alpha value is -0.860. The van der Waals surface area contributed by atoms with E-state index in [0.29, 0.717) is 0 Å². The van der Waals surface area contributed by atoms with Gasteiger partial charge >= 0.3 is 0 Å². The van der Waals surface area contributed by atoms with Crippen molar-refractivity contribution in [3.63, 3.8) is 0 Å². The molecule has 60 valence electrons. The van der Waals surface area contributed by atoms with Gasteiger partial charge in [-0.05, 0) is 12.5 Å². The molecule has 0 spiro atoms. The summed E-state index contributed by atoms with van der Waals surface area (Å²) in [6, 6.07) is 8.00. The molecule has 0 bridgehead atoms. The monoisotopic (exact) mass is 151 g/mol. The number of methoxy groups -OCH3 is 1. The van der Waals surface area contributed by atoms with E-state index < -0.39 is 0 Å². The van der Waals surface area contributed by atoms with E-state index in [2.05, 4.69) is 0 Å². The molecule has 1 unspecified atom stereocenters. The van der Waals surface area contributed by atoms with Crippen LogP contribution in [0.15, 0.2) is 24.3 Å². The number of hydrogen-bond donors (Lipinski definition) is 1. The number of ether oxygens (including phenoxy) is 1. The number of nitrogens with two attached hydrogens (primary N) is 1. The third-order valence-electron chi connectivity index (χ3n) is 1.66. The van der Waals surface area contributed by atoms with Gasteiger partial charge in [0.15, 0.2) is 0 Å². The molecule has 0 aliphatic rings. The van der Waals surface area contributed by atoms with Crippen LogP contribution in [0.5, 0.6) is 0 Å². The Labute approximate surface area is 67.0 Å². The van der Waals surface area contributed by atoms with E-state index in [-0.39, 0.29) is 6.23 Å². The molecular weight excluding hydrogens is 138 g/mol. The van der Waals surface area contributed by atoms with Crippen molar-refractivity contribution >= 4 is 0 Å². The maximum absolute atomic E-state index is 5.62. The highest BCUT2D eigenvalue weighted by Crippen LogP contribution is 2.10. The van der Waals surface area contributed by atoms with E-state index in [0.717, 1.165) is 5.56 Å². The summed E-state index contributed by atoms with van der Waals surface area (Å²) in [6.45, 7) is 2.04. The Balaban J connectivity index is 2.81. The fourth-order valence-corrected chi connectivity index (χ4v) is 0.892. The Bertz CT molecular complexity index is 218. The highest BCUT2D eigenvalue weighted by atomic mass is 16.5. The van der Waals surface area contributed by atoms with Gasteiger partial charge in [0, 0.05) is 7.11 Å². The molecule has 0 amide bonds. The molecule has 1 rings (SSSR count). The predicted molar refractivity (Wildman–Crippen MR) is 45.1 cm³/mol. The first-order valence-electron chi connectivity index (χ1n) is 3.59. The van der Waals surface area contributed by atoms with Crippen molar-refractivity contribution in [3.8, 4) is 0 Å². The smallest absolute Gasteiger partial charge is 0.131 e. The lowest BCUT2D eigenvalue weighted by molar-refractivity contribution is 0.109. The number of rotatable bonds is 2. The van der Waals surface area contributed by atoms with Gasteiger partial charge in [0.2, 0.25) is 0 Å². The third-order valence-corrected chi connectivity index (χ3v) is 1.66. The summed E-state index contributed by atoms with van der Waals surface area (Å²) in [6.07, 6.45) is -0.296. The molecule has 1 aromatic carbocycles. The zero-order valence-corrected chi connectivity index (χ0v) is 6.87. The van der Waals surface area contributed by atoms with Gasteiger partial charge in [0.1, 0.15) is 6.23 Å². The molecule has 0 saturated carbocycles. The van der Waals surface area contributed by atoms with Crippen LogP contribution in [0, 0.1) is 6.92 Å². The van der Waals surface area contributed by atoms with Crippen LogP contribution in [0.4, 0.5) is 0 Å². The second kappa shape index (κ2) is 3.51. The van der Waals surface area contributed by atoms with Crippen molar-refractivity contribution < 1.29 is 4.74 Å². The van der Waals surface area contributed by atoms with Gasteiger partial charge in [-0.2, -0.15) is 0 Å². The second-order valence-corrected chi connectivity index (χ2v) is 2.57. The van der Waals surface area contributed by atoms with Crippen molar-refractivity contribution in [2.45, 2.75) is 13.2 Å². The topological polar surface area (TPSA) is 35.2 Å². The van der Waals surface area contributed by atoms with Crippen molar-refractivity contribution in [3.05, 3.63) is 35.4 Å². The van der Waals surface area contributed by atoms with Gasteiger partial charge in [-0.25, -0.2) is 0 Å². The van der Waals surface area contributed by atoms with Crippen molar-refractivity contribution in [1.82, 2.24) is 0 Å². The number of hydrogen-bond acceptors (Lipinski definition) is 2. The van der Waals surface area contributed by atoms with Gasteiger partial charge in [-0.1, -0.05) is 29.8 Å². The third kappa shape index (κ3) is 2.03. The Morgan fingerprint density at radius 2 is 1.82 bits per heavy atom. The normalized spacial score (nSPS) is 13.0. The van der Waals surface area contributed by atoms with E-state index in [4.69, 9.17) is 10.5 Å². The van der Waals surface area contributed by atoms with Crippen LogP contribution in [-0.4, -0.2) is 7.11 Å². The minimum absolute atomic E-state index is 0.296. The van der Waals surface area contributed by atoms with Gasteiger partial charge < -0.3 is 10.5 Å². The van der Waals surface area contributed by atoms with E-state index in [1.165, 1.54) is 5.56 Å². The van der Waals surface area contributed by atoms with Gasteiger partial charge in [0.05, 0.1) is 0 Å². The summed E-state index contributed by atoms with van der Waals surface area (Å²) in [5.41, 5.74) is 7.87. The van der Waals surface area contributed by atoms with Crippen molar-refractivity contribution in [2.75, 3.05) is 7.11 Å². The van der Waals surface area contributed by atoms with E-state index >= 15 is 0 Å². The standard InChI is InChI=1S/C9H13NO/c1-7-3-5-8(6-4-7)9(10)11-2/h3-6,9H,10H2,1-2H3. The average Bonchev–Trinajstić information content (AvgIpc) is 2.05. The minimum Gasteiger partial charge on any atom is -0.363 e. The molecule has 0 aliphatic carbocycles. The molecule has 0 aliphatic heterocycles. The van der Waals surface area contributed by atoms with Gasteiger partial charge in [0.25, 0.3) is 0 Å². The lowest BCUT2D eigenvalue weighted by Gasteiger charge is -2.08. The van der Waals surface area contributed by atoms with Crippen molar-refractivity contribution in [2.24, 2.45) is 5.73 Å². The summed E-state index contributed by atoms with van der Waals surface area (Å²) in [7, 11) is 1.60. The highest BCUT2D eigenvalue weighted by molar-refractivity contribution is 5.22. The van der Waals surface area contributed by atoms with Crippen LogP contribution in [0.3, 0.4) is 0 Å². The molecule has 0 radical (unpaired) electrons. The van der Waals surface area contributed by atoms with E-state index in [1.54, 1.807) is 7.11 Å². The largest absolute Gasteiger partial charge is 0.363 e. The Morgan fingerprint density at radius 3 is 2.27 bits per heavy atom. The Kier molecular flexibility index (Phi) is 2.63. The summed E-state index contributed by atoms with van der Waals surface area (Å²) in [5, 5.41) is 0. The molecule has 11 heavy (non-hydrogen) atoms. The molecule has 2 nitrogen and oxygen atoms in total. The SMILES string of the molecule is COC(N)c1ccc(C)cc1. The fraction of sp³-hybridized carbons (Fsp3) is 0.333. The maximum atomic E-state index is 5.62. The first-order chi connectivity index (χ1) is 5.24. The summed E-state index contributed by atoms with van der Waals surface area (Å²) in [4.78, 5) is 0. The molecule has 0 saturated heterocycles. The predicted octanol–water partition coefficient (Wildman–Crippen LogP) is 1.60. The molecule has 0 aromatic heterocycles. The molecule has 0 heterocycles. The number of aryl methyl sites for hydroxylation is 1. The minimum atomic E-state index is -0.296. The average molecular weight is 151 g/mol. The van der Waals surface area contributed by atoms with Crippen LogP contribution in [-0.2, 0) is 4.74 Å². The highest BCUT2D eigenvalue weighted by Gasteiger charge is 2.01. The molecule has 1 aromatic rings. The first-order valence-corrected chi connectivity index (χ1v) is 3.59. The molecule has 0 fully saturated rings. The van der Waals surface area contributed by atoms with Gasteiger partial charge in [-0.3, -0.25) is 0 Å². The molecular formula is C9H13NO. The second-order valence-electron chi connectivity index (χ2n) is 2.57. The van der Waals surface area contributed by atoms with Crippen LogP contribution in [0.1, 0.15) is 17.4 Å². The molecule has 1 atom stereocenters. The fourth-order valence-electron chi connectivity index (χ4n) is 0.892. The van der Waals surface area contributed by atoms with Crippen LogP contribution in [0.25, 0.3) is 0 Å². The maximum Gasteiger partial charge on any atom is 0.131 e. The quantitative estimate of drug-likeness (QED) is 0.651. The first kappa shape index (κ1) is 8.24. The summed E-state index contributed by atoms with van der Waals surface area (Å²) < 4.78 is 4.95. The molecule has 2 heteroatoms. The van der Waals surface area contributed by atoms with E-state index in [1.807, 2.05) is 31.2 Å². The summed E-state index contributed by atoms with van der Waals surface area (Å²) in [5.74, 6) is 0. The van der Waals surface area contributed by atoms with Crippen molar-refractivity contribution in [1.29, 1.82) is 0 Å². The Morgan fingerprint density at radius 1 is 1.27 bits per heavy atom. The molecule has 2 N–H and O–H groups in total. The zero-order chi connectivity index (χ0) is 8.27. The van der Waals surface area contributed by atoms with Gasteiger partial charge in [-0.15, -0.1) is 0 Å². The lowest BCUT2D eigenvalue weighted by atomic mass is 10.1. The summed E-state index contributed by atoms with van der Waals surface area (Å²) >= 11 is 0. The van der Waals surface area contributed by atoms with E-state index in [9.17, 15) is 0 Å². The van der Waals surface area contributed by atoms with Crippen LogP contribution >= 0.6 is 0 Å². The van der Waals surface area contributed by atoms with Crippen LogP contribution in [0.2, 0.25) is 0 Å². The zero-order valence-electron chi connectivity index (χ0n) is 6.87.